The van der Waals surface area contributed by atoms with Crippen molar-refractivity contribution in [2.75, 3.05) is 54.0 Å². The van der Waals surface area contributed by atoms with E-state index in [1.165, 1.54) is 28.9 Å². The Kier molecular flexibility index (Phi) is 14.2. The largest absolute Gasteiger partial charge is 0.508 e. The zero-order valence-corrected chi connectivity index (χ0v) is 41.0. The third-order valence-electron chi connectivity index (χ3n) is 14.2. The van der Waals surface area contributed by atoms with E-state index in [1.54, 1.807) is 44.2 Å². The minimum atomic E-state index is -1.21. The number of aryl methyl sites for hydroxylation is 1. The lowest BCUT2D eigenvalue weighted by Crippen LogP contribution is -2.62. The van der Waals surface area contributed by atoms with Gasteiger partial charge in [0.05, 0.1) is 32.0 Å². The van der Waals surface area contributed by atoms with Crippen molar-refractivity contribution in [3.05, 3.63) is 71.5 Å². The third kappa shape index (κ3) is 10.3. The van der Waals surface area contributed by atoms with Crippen LogP contribution in [0.1, 0.15) is 70.6 Å². The molecule has 3 N–H and O–H groups in total. The molecule has 2 saturated heterocycles. The number of hydrogen-bond acceptors (Lipinski definition) is 11. The predicted octanol–water partition coefficient (Wildman–Crippen LogP) is 4.31. The molecule has 3 fully saturated rings. The van der Waals surface area contributed by atoms with E-state index in [0.717, 1.165) is 45.3 Å². The number of nitrogens with zero attached hydrogens (tertiary/aromatic N) is 6. The number of fused-ring (bicyclic) bond motifs is 7. The van der Waals surface area contributed by atoms with Crippen LogP contribution in [0.3, 0.4) is 0 Å². The van der Waals surface area contributed by atoms with Gasteiger partial charge in [0.2, 0.25) is 23.6 Å². The summed E-state index contributed by atoms with van der Waals surface area (Å²) >= 11 is 0. The highest BCUT2D eigenvalue weighted by atomic mass is 16.5. The number of nitrogens with one attached hydrogen (secondary N) is 2. The smallest absolute Gasteiger partial charge is 0.324 e. The van der Waals surface area contributed by atoms with Crippen molar-refractivity contribution in [1.29, 1.82) is 0 Å². The maximum atomic E-state index is 14.7. The van der Waals surface area contributed by atoms with Crippen LogP contribution in [-0.2, 0) is 64.2 Å². The van der Waals surface area contributed by atoms with E-state index in [2.05, 4.69) is 53.2 Å². The molecule has 1 aliphatic carbocycles. The molecule has 1 saturated carbocycles. The minimum absolute atomic E-state index is 0.00764. The Balaban J connectivity index is 1.13. The molecular weight excluding hydrogens is 881 g/mol. The minimum Gasteiger partial charge on any atom is -0.508 e. The monoisotopic (exact) mass is 946 g/mol. The van der Waals surface area contributed by atoms with Crippen LogP contribution in [-0.4, -0.2) is 142 Å². The highest BCUT2D eigenvalue weighted by Crippen LogP contribution is 2.46. The maximum absolute atomic E-state index is 14.7. The third-order valence-corrected chi connectivity index (χ3v) is 14.2. The average molecular weight is 947 g/mol. The molecule has 17 heteroatoms. The van der Waals surface area contributed by atoms with Crippen molar-refractivity contribution in [2.24, 2.45) is 23.2 Å². The van der Waals surface area contributed by atoms with Crippen LogP contribution in [0, 0.1) is 23.2 Å². The number of ether oxygens (including phenoxy) is 2. The summed E-state index contributed by atoms with van der Waals surface area (Å²) in [5, 5.41) is 16.6. The fourth-order valence-corrected chi connectivity index (χ4v) is 10.5. The number of hydrogen-bond donors (Lipinski definition) is 3. The van der Waals surface area contributed by atoms with Crippen molar-refractivity contribution in [2.45, 2.75) is 98.0 Å². The van der Waals surface area contributed by atoms with Crippen LogP contribution in [0.5, 0.6) is 5.75 Å². The number of rotatable bonds is 12. The summed E-state index contributed by atoms with van der Waals surface area (Å²) in [7, 11) is 4.66. The Labute approximate surface area is 403 Å². The molecule has 69 heavy (non-hydrogen) atoms. The number of carbonyl (C=O) groups is 6. The number of aromatic hydroxyl groups is 1. The first-order chi connectivity index (χ1) is 32.9. The van der Waals surface area contributed by atoms with Gasteiger partial charge in [0, 0.05) is 87.5 Å². The molecular formula is C52H66N8O9. The van der Waals surface area contributed by atoms with Gasteiger partial charge >= 0.3 is 5.97 Å². The number of benzene rings is 2. The Hall–Kier alpha value is -6.33. The van der Waals surface area contributed by atoms with E-state index in [0.29, 0.717) is 56.0 Å². The molecule has 0 spiro atoms. The number of esters is 1. The zero-order valence-electron chi connectivity index (χ0n) is 41.0. The van der Waals surface area contributed by atoms with Gasteiger partial charge in [0.1, 0.15) is 23.9 Å². The summed E-state index contributed by atoms with van der Waals surface area (Å²) in [5.41, 5.74) is 9.58. The molecule has 1 unspecified atom stereocenters. The summed E-state index contributed by atoms with van der Waals surface area (Å²) in [5.74, 6) is -2.64. The Morgan fingerprint density at radius 1 is 1.04 bits per heavy atom. The van der Waals surface area contributed by atoms with Crippen LogP contribution >= 0.6 is 0 Å². The molecule has 3 aliphatic heterocycles. The number of amides is 5. The molecule has 8 rings (SSSR count). The topological polar surface area (TPSA) is 196 Å². The fraction of sp³-hybridized carbons (Fsp3) is 0.519. The highest BCUT2D eigenvalue weighted by Gasteiger charge is 2.52. The number of likely N-dealkylation sites (N-methyl/N-ethyl adjacent to an activating group) is 2. The van der Waals surface area contributed by atoms with Crippen LogP contribution in [0.4, 0.5) is 0 Å². The number of aromatic nitrogens is 2. The van der Waals surface area contributed by atoms with Crippen LogP contribution in [0.15, 0.2) is 54.9 Å². The first-order valence-electron chi connectivity index (χ1n) is 24.1. The van der Waals surface area contributed by atoms with Gasteiger partial charge in [-0.15, -0.1) is 0 Å². The lowest BCUT2D eigenvalue weighted by molar-refractivity contribution is -0.155. The second-order valence-electron chi connectivity index (χ2n) is 20.4. The van der Waals surface area contributed by atoms with Gasteiger partial charge in [0.15, 0.2) is 0 Å². The van der Waals surface area contributed by atoms with Crippen molar-refractivity contribution < 1.29 is 43.3 Å². The van der Waals surface area contributed by atoms with E-state index >= 15 is 0 Å². The van der Waals surface area contributed by atoms with Gasteiger partial charge in [0.25, 0.3) is 5.91 Å². The Morgan fingerprint density at radius 2 is 1.83 bits per heavy atom. The van der Waals surface area contributed by atoms with Crippen molar-refractivity contribution in [3.63, 3.8) is 0 Å². The number of likely N-dealkylation sites (tertiary alicyclic amines) is 1. The van der Waals surface area contributed by atoms with Gasteiger partial charge < -0.3 is 39.2 Å². The summed E-state index contributed by atoms with van der Waals surface area (Å²) in [6.07, 6.45) is 5.89. The second kappa shape index (κ2) is 19.9. The number of phenolic OH excluding ortho intramolecular Hbond substituents is 1. The van der Waals surface area contributed by atoms with E-state index in [4.69, 9.17) is 9.47 Å². The standard InChI is InChI=1S/C52H66N8O9/c1-9-59-43-13-12-32-21-38(43)39(47(59)40-24-53-15-14-33(40)28-68-8)23-52(4,5)29-69-51(67)41-11-10-16-60(55-41)50(66)42(19-31-17-34(32)20-36(61)18-31)54-48(64)46(30(2)3)57(7)45(63)26-56(6)44(62)27-58-25-35-22-37(35)49(58)65/h12-15,17-18,20-21,24,30,35,37,41-42,46,55,61H,9-11,16,19,22-23,25-29H2,1-8H3,(H,54,64)/t35-,37-,41+,42+,46?/m1/s1. The molecule has 2 aromatic carbocycles. The Bertz CT molecular complexity index is 2660. The molecule has 5 amide bonds. The van der Waals surface area contributed by atoms with Crippen LogP contribution < -0.4 is 10.7 Å². The van der Waals surface area contributed by atoms with E-state index in [1.807, 2.05) is 24.4 Å². The normalized spacial score (nSPS) is 21.7. The van der Waals surface area contributed by atoms with Gasteiger partial charge in [-0.2, -0.15) is 0 Å². The number of pyridine rings is 1. The van der Waals surface area contributed by atoms with Crippen LogP contribution in [0.25, 0.3) is 33.3 Å². The summed E-state index contributed by atoms with van der Waals surface area (Å²) < 4.78 is 14.0. The average Bonchev–Trinajstić information content (AvgIpc) is 3.94. The lowest BCUT2D eigenvalue weighted by atomic mass is 9.84. The molecule has 17 nitrogen and oxygen atoms in total. The maximum Gasteiger partial charge on any atom is 0.324 e. The van der Waals surface area contributed by atoms with Crippen molar-refractivity contribution in [3.8, 4) is 28.1 Å². The number of phenols is 1. The molecule has 0 radical (unpaired) electrons. The van der Waals surface area contributed by atoms with Gasteiger partial charge in [-0.05, 0) is 103 Å². The van der Waals surface area contributed by atoms with E-state index < -0.39 is 53.1 Å². The first kappa shape index (κ1) is 49.1. The summed E-state index contributed by atoms with van der Waals surface area (Å²) in [6.45, 7) is 11.3. The van der Waals surface area contributed by atoms with E-state index in [9.17, 15) is 33.9 Å². The lowest BCUT2D eigenvalue weighted by Gasteiger charge is -2.37. The van der Waals surface area contributed by atoms with Crippen molar-refractivity contribution >= 4 is 46.4 Å². The first-order valence-corrected chi connectivity index (χ1v) is 24.1. The molecule has 6 bridgehead atoms. The molecule has 5 heterocycles. The van der Waals surface area contributed by atoms with Crippen molar-refractivity contribution in [1.82, 2.24) is 40.0 Å². The summed E-state index contributed by atoms with van der Waals surface area (Å²) in [6, 6.07) is 10.2. The SMILES string of the molecule is CCn1c(-c2cnccc2COC)c2c3cc(ccc31)-c1cc(O)cc(c1)C[C@H](NC(=O)C(C(C)C)N(C)C(=O)CN(C)C(=O)CN1C[C@H]3C[C@H]3C1=O)C(=O)N1CCC[C@H](N1)C(=O)OCC(C)(C)C2. The summed E-state index contributed by atoms with van der Waals surface area (Å²) in [4.78, 5) is 91.3. The molecule has 4 aromatic rings. The number of carbonyl (C=O) groups excluding carboxylic acids is 6. The molecule has 368 valence electrons. The fourth-order valence-electron chi connectivity index (χ4n) is 10.5. The number of methoxy groups -OCH3 is 1. The van der Waals surface area contributed by atoms with Gasteiger partial charge in [-0.1, -0.05) is 39.8 Å². The number of cyclic esters (lactones) is 1. The van der Waals surface area contributed by atoms with E-state index in [-0.39, 0.29) is 56.1 Å². The van der Waals surface area contributed by atoms with Gasteiger partial charge in [-0.25, -0.2) is 5.43 Å². The van der Waals surface area contributed by atoms with Crippen LogP contribution in [0.2, 0.25) is 0 Å². The quantitative estimate of drug-likeness (QED) is 0.171. The second-order valence-corrected chi connectivity index (χ2v) is 20.4. The zero-order chi connectivity index (χ0) is 49.5. The Morgan fingerprint density at radius 3 is 2.54 bits per heavy atom. The molecule has 5 atom stereocenters. The molecule has 2 aromatic heterocycles. The number of hydrazine groups is 1. The molecule has 4 aliphatic rings. The van der Waals surface area contributed by atoms with Gasteiger partial charge in [-0.3, -0.25) is 38.8 Å². The predicted molar refractivity (Wildman–Crippen MR) is 258 cm³/mol. The number of piperidine rings is 1. The highest BCUT2D eigenvalue weighted by molar-refractivity contribution is 5.97.